The lowest BCUT2D eigenvalue weighted by atomic mass is 10.2. The number of carbonyl (C=O) groups excluding carboxylic acids is 1. The van der Waals surface area contributed by atoms with Crippen molar-refractivity contribution in [3.8, 4) is 11.5 Å². The minimum atomic E-state index is -0.290. The van der Waals surface area contributed by atoms with Crippen molar-refractivity contribution in [1.29, 1.82) is 0 Å². The standard InChI is InChI=1S/C23H21IN2O3/c1-2-28-21-13-9-18(10-14-21)23(27)26-25-15-19-5-3-4-6-22(19)29-16-17-7-11-20(24)12-8-17/h3-15H,2,16H2,1H3,(H,26,27)/b25-15-. The van der Waals surface area contributed by atoms with E-state index in [2.05, 4.69) is 33.1 Å². The quantitative estimate of drug-likeness (QED) is 0.268. The lowest BCUT2D eigenvalue weighted by Gasteiger charge is -2.09. The summed E-state index contributed by atoms with van der Waals surface area (Å²) < 4.78 is 12.5. The molecule has 0 radical (unpaired) electrons. The van der Waals surface area contributed by atoms with Crippen molar-refractivity contribution in [2.24, 2.45) is 5.10 Å². The highest BCUT2D eigenvalue weighted by atomic mass is 127. The second-order valence-electron chi connectivity index (χ2n) is 6.11. The molecule has 0 aromatic heterocycles. The van der Waals surface area contributed by atoms with Crippen LogP contribution in [0.3, 0.4) is 0 Å². The van der Waals surface area contributed by atoms with Gasteiger partial charge in [-0.2, -0.15) is 5.10 Å². The van der Waals surface area contributed by atoms with E-state index < -0.39 is 0 Å². The molecule has 0 aliphatic heterocycles. The summed E-state index contributed by atoms with van der Waals surface area (Å²) in [5, 5.41) is 4.07. The van der Waals surface area contributed by atoms with E-state index in [0.29, 0.717) is 24.5 Å². The van der Waals surface area contributed by atoms with E-state index in [1.165, 1.54) is 3.57 Å². The number of hydrogen-bond acceptors (Lipinski definition) is 4. The summed E-state index contributed by atoms with van der Waals surface area (Å²) in [5.41, 5.74) is 4.91. The fourth-order valence-electron chi connectivity index (χ4n) is 2.55. The van der Waals surface area contributed by atoms with Crippen molar-refractivity contribution < 1.29 is 14.3 Å². The van der Waals surface area contributed by atoms with E-state index in [9.17, 15) is 4.79 Å². The zero-order valence-corrected chi connectivity index (χ0v) is 18.1. The van der Waals surface area contributed by atoms with Crippen LogP contribution in [0.1, 0.15) is 28.4 Å². The molecule has 0 aliphatic carbocycles. The van der Waals surface area contributed by atoms with Gasteiger partial charge in [0.25, 0.3) is 5.91 Å². The average Bonchev–Trinajstić information content (AvgIpc) is 2.75. The molecular weight excluding hydrogens is 479 g/mol. The first-order valence-electron chi connectivity index (χ1n) is 9.18. The summed E-state index contributed by atoms with van der Waals surface area (Å²) in [7, 11) is 0. The van der Waals surface area contributed by atoms with Crippen molar-refractivity contribution in [3.05, 3.63) is 93.1 Å². The van der Waals surface area contributed by atoms with Gasteiger partial charge in [-0.25, -0.2) is 5.43 Å². The van der Waals surface area contributed by atoms with Crippen LogP contribution in [0.4, 0.5) is 0 Å². The van der Waals surface area contributed by atoms with Crippen molar-refractivity contribution in [2.75, 3.05) is 6.61 Å². The highest BCUT2D eigenvalue weighted by Gasteiger charge is 2.05. The van der Waals surface area contributed by atoms with Gasteiger partial charge in [-0.1, -0.05) is 24.3 Å². The molecule has 0 aliphatic rings. The summed E-state index contributed by atoms with van der Waals surface area (Å²) >= 11 is 2.27. The van der Waals surface area contributed by atoms with Gasteiger partial charge >= 0.3 is 0 Å². The van der Waals surface area contributed by atoms with Crippen LogP contribution in [-0.2, 0) is 6.61 Å². The summed E-state index contributed by atoms with van der Waals surface area (Å²) in [4.78, 5) is 12.2. The monoisotopic (exact) mass is 500 g/mol. The zero-order chi connectivity index (χ0) is 20.5. The van der Waals surface area contributed by atoms with E-state index in [0.717, 1.165) is 16.9 Å². The van der Waals surface area contributed by atoms with Crippen molar-refractivity contribution in [2.45, 2.75) is 13.5 Å². The van der Waals surface area contributed by atoms with E-state index >= 15 is 0 Å². The molecule has 148 valence electrons. The van der Waals surface area contributed by atoms with Crippen LogP contribution >= 0.6 is 22.6 Å². The van der Waals surface area contributed by atoms with Gasteiger partial charge in [0.2, 0.25) is 0 Å². The minimum absolute atomic E-state index is 0.290. The summed E-state index contributed by atoms with van der Waals surface area (Å²) in [6.07, 6.45) is 1.58. The minimum Gasteiger partial charge on any atom is -0.494 e. The first-order valence-corrected chi connectivity index (χ1v) is 10.3. The molecule has 3 aromatic carbocycles. The lowest BCUT2D eigenvalue weighted by Crippen LogP contribution is -2.17. The Morgan fingerprint density at radius 2 is 1.72 bits per heavy atom. The first kappa shape index (κ1) is 20.9. The summed E-state index contributed by atoms with van der Waals surface area (Å²) in [6.45, 7) is 2.96. The third-order valence-electron chi connectivity index (χ3n) is 4.02. The van der Waals surface area contributed by atoms with E-state index in [1.807, 2.05) is 55.5 Å². The van der Waals surface area contributed by atoms with Crippen LogP contribution in [0, 0.1) is 3.57 Å². The molecule has 0 spiro atoms. The summed E-state index contributed by atoms with van der Waals surface area (Å²) in [6, 6.07) is 22.6. The fourth-order valence-corrected chi connectivity index (χ4v) is 2.91. The Morgan fingerprint density at radius 1 is 1.00 bits per heavy atom. The lowest BCUT2D eigenvalue weighted by molar-refractivity contribution is 0.0955. The van der Waals surface area contributed by atoms with E-state index in [1.54, 1.807) is 30.5 Å². The Kier molecular flexibility index (Phi) is 7.63. The number of nitrogens with zero attached hydrogens (tertiary/aromatic N) is 1. The molecule has 0 saturated carbocycles. The number of nitrogens with one attached hydrogen (secondary N) is 1. The van der Waals surface area contributed by atoms with Crippen LogP contribution in [0.2, 0.25) is 0 Å². The third kappa shape index (κ3) is 6.32. The Labute approximate surface area is 183 Å². The van der Waals surface area contributed by atoms with Crippen LogP contribution in [0.15, 0.2) is 77.9 Å². The predicted octanol–water partition coefficient (Wildman–Crippen LogP) is 5.03. The Hall–Kier alpha value is -2.87. The SMILES string of the molecule is CCOc1ccc(C(=O)N/N=C\c2ccccc2OCc2ccc(I)cc2)cc1. The smallest absolute Gasteiger partial charge is 0.271 e. The molecule has 3 aromatic rings. The van der Waals surface area contributed by atoms with E-state index in [-0.39, 0.29) is 5.91 Å². The maximum absolute atomic E-state index is 12.2. The number of hydrazone groups is 1. The van der Waals surface area contributed by atoms with Gasteiger partial charge in [0.1, 0.15) is 18.1 Å². The van der Waals surface area contributed by atoms with Gasteiger partial charge in [-0.3, -0.25) is 4.79 Å². The predicted molar refractivity (Wildman–Crippen MR) is 123 cm³/mol. The molecule has 0 heterocycles. The Morgan fingerprint density at radius 3 is 2.45 bits per heavy atom. The highest BCUT2D eigenvalue weighted by molar-refractivity contribution is 14.1. The molecule has 0 bridgehead atoms. The van der Waals surface area contributed by atoms with Crippen molar-refractivity contribution in [1.82, 2.24) is 5.43 Å². The van der Waals surface area contributed by atoms with E-state index in [4.69, 9.17) is 9.47 Å². The second-order valence-corrected chi connectivity index (χ2v) is 7.36. The number of carbonyl (C=O) groups is 1. The number of halogens is 1. The molecule has 0 unspecified atom stereocenters. The van der Waals surface area contributed by atoms with Gasteiger partial charge in [0.05, 0.1) is 12.8 Å². The molecule has 0 atom stereocenters. The van der Waals surface area contributed by atoms with Crippen LogP contribution in [0.5, 0.6) is 11.5 Å². The molecule has 6 heteroatoms. The normalized spacial score (nSPS) is 10.7. The fraction of sp³-hybridized carbons (Fsp3) is 0.130. The number of para-hydroxylation sites is 1. The molecule has 29 heavy (non-hydrogen) atoms. The highest BCUT2D eigenvalue weighted by Crippen LogP contribution is 2.18. The maximum Gasteiger partial charge on any atom is 0.271 e. The van der Waals surface area contributed by atoms with Crippen LogP contribution in [0.25, 0.3) is 0 Å². The second kappa shape index (κ2) is 10.6. The summed E-state index contributed by atoms with van der Waals surface area (Å²) in [5.74, 6) is 1.14. The van der Waals surface area contributed by atoms with Gasteiger partial charge < -0.3 is 9.47 Å². The van der Waals surface area contributed by atoms with Gasteiger partial charge in [0.15, 0.2) is 0 Å². The average molecular weight is 500 g/mol. The molecular formula is C23H21IN2O3. The molecule has 0 fully saturated rings. The molecule has 1 amide bonds. The number of hydrogen-bond donors (Lipinski definition) is 1. The van der Waals surface area contributed by atoms with Crippen LogP contribution < -0.4 is 14.9 Å². The Balaban J connectivity index is 1.60. The molecule has 0 saturated heterocycles. The first-order chi connectivity index (χ1) is 14.2. The Bertz CT molecular complexity index is 970. The number of rotatable bonds is 8. The molecule has 1 N–H and O–H groups in total. The molecule has 5 nitrogen and oxygen atoms in total. The van der Waals surface area contributed by atoms with Crippen LogP contribution in [-0.4, -0.2) is 18.7 Å². The largest absolute Gasteiger partial charge is 0.494 e. The third-order valence-corrected chi connectivity index (χ3v) is 4.74. The number of ether oxygens (including phenoxy) is 2. The van der Waals surface area contributed by atoms with Gasteiger partial charge in [-0.15, -0.1) is 0 Å². The maximum atomic E-state index is 12.2. The molecule has 3 rings (SSSR count). The topological polar surface area (TPSA) is 59.9 Å². The van der Waals surface area contributed by atoms with Crippen molar-refractivity contribution >= 4 is 34.7 Å². The van der Waals surface area contributed by atoms with Gasteiger partial charge in [0, 0.05) is 14.7 Å². The van der Waals surface area contributed by atoms with Gasteiger partial charge in [-0.05, 0) is 83.6 Å². The van der Waals surface area contributed by atoms with Crippen molar-refractivity contribution in [3.63, 3.8) is 0 Å². The number of amides is 1. The zero-order valence-electron chi connectivity index (χ0n) is 16.0. The number of benzene rings is 3.